The summed E-state index contributed by atoms with van der Waals surface area (Å²) in [6.07, 6.45) is 1.57. The summed E-state index contributed by atoms with van der Waals surface area (Å²) in [5.74, 6) is -1.03. The predicted molar refractivity (Wildman–Crippen MR) is 126 cm³/mol. The van der Waals surface area contributed by atoms with Gasteiger partial charge in [-0.3, -0.25) is 4.79 Å². The number of nitrogens with one attached hydrogen (secondary N) is 1. The number of carbonyl (C=O) groups is 2. The van der Waals surface area contributed by atoms with Gasteiger partial charge in [0.25, 0.3) is 11.6 Å². The molecule has 0 atom stereocenters. The number of aryl methyl sites for hydroxylation is 3. The van der Waals surface area contributed by atoms with Crippen molar-refractivity contribution in [2.75, 3.05) is 11.9 Å². The van der Waals surface area contributed by atoms with Gasteiger partial charge in [-0.15, -0.1) is 0 Å². The molecule has 0 aliphatic heterocycles. The number of rotatable bonds is 7. The Hall–Kier alpha value is -4.00. The Bertz CT molecular complexity index is 1290. The Labute approximate surface area is 191 Å². The Morgan fingerprint density at radius 3 is 2.36 bits per heavy atom. The molecule has 0 fully saturated rings. The zero-order valence-electron chi connectivity index (χ0n) is 18.8. The largest absolute Gasteiger partial charge is 0.452 e. The third kappa shape index (κ3) is 4.62. The van der Waals surface area contributed by atoms with E-state index in [1.807, 2.05) is 62.4 Å². The van der Waals surface area contributed by atoms with Gasteiger partial charge in [-0.2, -0.15) is 0 Å². The fourth-order valence-corrected chi connectivity index (χ4v) is 3.80. The highest BCUT2D eigenvalue weighted by molar-refractivity contribution is 6.05. The van der Waals surface area contributed by atoms with Crippen molar-refractivity contribution in [1.82, 2.24) is 10.1 Å². The summed E-state index contributed by atoms with van der Waals surface area (Å²) in [4.78, 5) is 30.1. The van der Waals surface area contributed by atoms with E-state index in [0.717, 1.165) is 35.2 Å². The van der Waals surface area contributed by atoms with Crippen molar-refractivity contribution < 1.29 is 18.8 Å². The Balaban J connectivity index is 1.56. The second kappa shape index (κ2) is 9.65. The zero-order valence-corrected chi connectivity index (χ0v) is 18.8. The molecule has 0 aliphatic rings. The first-order chi connectivity index (χ1) is 16.0. The number of pyridine rings is 1. The second-order valence-corrected chi connectivity index (χ2v) is 7.65. The van der Waals surface area contributed by atoms with Gasteiger partial charge in [0.1, 0.15) is 0 Å². The normalized spacial score (nSPS) is 10.9. The van der Waals surface area contributed by atoms with Crippen LogP contribution in [0.3, 0.4) is 0 Å². The molecular weight excluding hydrogens is 418 g/mol. The molecule has 4 aromatic rings. The number of amides is 1. The van der Waals surface area contributed by atoms with Crippen LogP contribution in [0.15, 0.2) is 59.1 Å². The first kappa shape index (κ1) is 22.2. The summed E-state index contributed by atoms with van der Waals surface area (Å²) < 4.78 is 10.7. The van der Waals surface area contributed by atoms with E-state index in [4.69, 9.17) is 9.26 Å². The van der Waals surface area contributed by atoms with Crippen LogP contribution in [0.4, 0.5) is 5.69 Å². The lowest BCUT2D eigenvalue weighted by molar-refractivity contribution is -0.119. The molecular formula is C26H25N3O4. The third-order valence-electron chi connectivity index (χ3n) is 5.50. The van der Waals surface area contributed by atoms with E-state index in [-0.39, 0.29) is 11.3 Å². The maximum atomic E-state index is 13.0. The quantitative estimate of drug-likeness (QED) is 0.399. The number of para-hydroxylation sites is 1. The second-order valence-electron chi connectivity index (χ2n) is 7.65. The summed E-state index contributed by atoms with van der Waals surface area (Å²) in [5, 5.41) is 7.32. The summed E-state index contributed by atoms with van der Waals surface area (Å²) in [6, 6.07) is 17.0. The number of aromatic nitrogens is 2. The molecule has 4 rings (SSSR count). The molecule has 0 aliphatic carbocycles. The van der Waals surface area contributed by atoms with Gasteiger partial charge in [-0.25, -0.2) is 9.78 Å². The number of nitrogens with zero attached hydrogens (tertiary/aromatic N) is 2. The number of hydrogen-bond acceptors (Lipinski definition) is 6. The molecule has 0 radical (unpaired) electrons. The number of ether oxygens (including phenoxy) is 1. The van der Waals surface area contributed by atoms with Gasteiger partial charge < -0.3 is 14.6 Å². The Morgan fingerprint density at radius 1 is 1.00 bits per heavy atom. The maximum absolute atomic E-state index is 13.0. The molecule has 7 nitrogen and oxygen atoms in total. The molecule has 0 bridgehead atoms. The minimum atomic E-state index is -0.638. The summed E-state index contributed by atoms with van der Waals surface area (Å²) >= 11 is 0. The topological polar surface area (TPSA) is 94.3 Å². The molecule has 2 aromatic heterocycles. The maximum Gasteiger partial charge on any atom is 0.339 e. The van der Waals surface area contributed by atoms with Crippen LogP contribution in [0.2, 0.25) is 0 Å². The van der Waals surface area contributed by atoms with Crippen molar-refractivity contribution in [2.24, 2.45) is 0 Å². The van der Waals surface area contributed by atoms with Crippen LogP contribution in [0.1, 0.15) is 41.0 Å². The van der Waals surface area contributed by atoms with Crippen molar-refractivity contribution in [3.8, 4) is 11.3 Å². The number of esters is 1. The van der Waals surface area contributed by atoms with Crippen molar-refractivity contribution in [1.29, 1.82) is 0 Å². The highest BCUT2D eigenvalue weighted by Crippen LogP contribution is 2.27. The van der Waals surface area contributed by atoms with Crippen molar-refractivity contribution >= 4 is 28.7 Å². The van der Waals surface area contributed by atoms with Gasteiger partial charge in [0.15, 0.2) is 6.61 Å². The van der Waals surface area contributed by atoms with E-state index in [0.29, 0.717) is 16.8 Å². The van der Waals surface area contributed by atoms with Gasteiger partial charge in [0, 0.05) is 11.3 Å². The molecule has 0 unspecified atom stereocenters. The van der Waals surface area contributed by atoms with Crippen molar-refractivity contribution in [3.05, 3.63) is 77.0 Å². The molecule has 168 valence electrons. The van der Waals surface area contributed by atoms with E-state index in [9.17, 15) is 9.59 Å². The molecule has 0 saturated heterocycles. The number of carbonyl (C=O) groups excluding carboxylic acids is 2. The summed E-state index contributed by atoms with van der Waals surface area (Å²) in [7, 11) is 0. The summed E-state index contributed by atoms with van der Waals surface area (Å²) in [6.45, 7) is 5.39. The highest BCUT2D eigenvalue weighted by Gasteiger charge is 2.21. The minimum Gasteiger partial charge on any atom is -0.452 e. The van der Waals surface area contributed by atoms with E-state index in [2.05, 4.69) is 15.5 Å². The number of fused-ring (bicyclic) bond motifs is 1. The average Bonchev–Trinajstić information content (AvgIpc) is 3.23. The monoisotopic (exact) mass is 443 g/mol. The number of anilines is 1. The van der Waals surface area contributed by atoms with Crippen LogP contribution < -0.4 is 5.32 Å². The lowest BCUT2D eigenvalue weighted by Crippen LogP contribution is -2.22. The third-order valence-corrected chi connectivity index (χ3v) is 5.50. The lowest BCUT2D eigenvalue weighted by atomic mass is 10.0. The van der Waals surface area contributed by atoms with Crippen molar-refractivity contribution in [3.63, 3.8) is 0 Å². The fourth-order valence-electron chi connectivity index (χ4n) is 3.80. The van der Waals surface area contributed by atoms with Crippen LogP contribution >= 0.6 is 0 Å². The first-order valence-corrected chi connectivity index (χ1v) is 10.9. The smallest absolute Gasteiger partial charge is 0.339 e. The van der Waals surface area contributed by atoms with Gasteiger partial charge in [0.2, 0.25) is 0 Å². The van der Waals surface area contributed by atoms with Gasteiger partial charge in [-0.1, -0.05) is 67.5 Å². The van der Waals surface area contributed by atoms with Crippen LogP contribution in [0.5, 0.6) is 0 Å². The van der Waals surface area contributed by atoms with Crippen LogP contribution in [0, 0.1) is 6.92 Å². The molecule has 0 spiro atoms. The molecule has 2 heterocycles. The van der Waals surface area contributed by atoms with E-state index >= 15 is 0 Å². The zero-order chi connectivity index (χ0) is 23.4. The molecule has 2 aromatic carbocycles. The molecule has 7 heteroatoms. The van der Waals surface area contributed by atoms with Gasteiger partial charge >= 0.3 is 5.97 Å². The van der Waals surface area contributed by atoms with Crippen molar-refractivity contribution in [2.45, 2.75) is 33.6 Å². The van der Waals surface area contributed by atoms with Crippen LogP contribution in [-0.4, -0.2) is 28.6 Å². The molecule has 33 heavy (non-hydrogen) atoms. The predicted octanol–water partition coefficient (Wildman–Crippen LogP) is 5.12. The highest BCUT2D eigenvalue weighted by atomic mass is 16.5. The Kier molecular flexibility index (Phi) is 6.49. The first-order valence-electron chi connectivity index (χ1n) is 10.9. The van der Waals surface area contributed by atoms with E-state index in [1.165, 1.54) is 0 Å². The number of hydrogen-bond donors (Lipinski definition) is 1. The summed E-state index contributed by atoms with van der Waals surface area (Å²) in [5.41, 5.74) is 5.27. The van der Waals surface area contributed by atoms with Crippen LogP contribution in [0.25, 0.3) is 22.4 Å². The minimum absolute atomic E-state index is 0.245. The number of benzene rings is 2. The average molecular weight is 444 g/mol. The SMILES string of the molecule is CCc1cccc(CC)c1NC(=O)COC(=O)c1cc(-c2ccccc2)nc2onc(C)c12. The standard InChI is InChI=1S/C26H25N3O4/c1-4-17-12-9-13-18(5-2)24(17)28-22(30)15-32-26(31)20-14-21(19-10-7-6-8-11-19)27-25-23(20)16(3)29-33-25/h6-14H,4-5,15H2,1-3H3,(H,28,30). The van der Waals surface area contributed by atoms with E-state index < -0.39 is 18.5 Å². The van der Waals surface area contributed by atoms with E-state index in [1.54, 1.807) is 13.0 Å². The molecule has 0 saturated carbocycles. The lowest BCUT2D eigenvalue weighted by Gasteiger charge is -2.14. The van der Waals surface area contributed by atoms with Crippen LogP contribution in [-0.2, 0) is 22.4 Å². The van der Waals surface area contributed by atoms with Gasteiger partial charge in [-0.05, 0) is 37.0 Å². The van der Waals surface area contributed by atoms with Gasteiger partial charge in [0.05, 0.1) is 22.3 Å². The fraction of sp³-hybridized carbons (Fsp3) is 0.231. The molecule has 1 amide bonds. The molecule has 1 N–H and O–H groups in total. The Morgan fingerprint density at radius 2 is 1.70 bits per heavy atom.